The Labute approximate surface area is 137 Å². The van der Waals surface area contributed by atoms with Crippen LogP contribution in [-0.4, -0.2) is 95.4 Å². The van der Waals surface area contributed by atoms with Crippen LogP contribution in [0.15, 0.2) is 9.98 Å². The van der Waals surface area contributed by atoms with Crippen molar-refractivity contribution in [3.63, 3.8) is 0 Å². The maximum absolute atomic E-state index is 10.5. The van der Waals surface area contributed by atoms with Crippen LogP contribution in [0.4, 0.5) is 0 Å². The van der Waals surface area contributed by atoms with Crippen LogP contribution < -0.4 is 10.9 Å². The summed E-state index contributed by atoms with van der Waals surface area (Å²) in [4.78, 5) is 36.5. The Hall–Kier alpha value is -2.74. The summed E-state index contributed by atoms with van der Waals surface area (Å²) >= 11 is 0. The Kier molecular flexibility index (Phi) is 5.64. The fourth-order valence-electron chi connectivity index (χ4n) is 2.37. The molecule has 0 unspecified atom stereocenters. The standard InChI is InChI=1S/C10H20N10O4/c1-15-7-17(5-11-9(15)13-19(21)22)3-4-18-6-12-10(14-20(23)24)16(2)8-18/h3-8H2,1-2H3,(H,11,13)(H,12,14). The number of hydrogen-bond donors (Lipinski definition) is 2. The van der Waals surface area contributed by atoms with E-state index in [9.17, 15) is 20.2 Å². The second kappa shape index (κ2) is 7.69. The average molecular weight is 344 g/mol. The molecule has 0 atom stereocenters. The summed E-state index contributed by atoms with van der Waals surface area (Å²) in [6.07, 6.45) is 0. The number of nitro groups is 2. The first-order valence-corrected chi connectivity index (χ1v) is 7.13. The highest BCUT2D eigenvalue weighted by Crippen LogP contribution is 2.05. The van der Waals surface area contributed by atoms with E-state index in [-0.39, 0.29) is 11.9 Å². The summed E-state index contributed by atoms with van der Waals surface area (Å²) in [6.45, 7) is 3.15. The molecule has 2 aliphatic rings. The summed E-state index contributed by atoms with van der Waals surface area (Å²) in [7, 11) is 3.44. The number of rotatable bonds is 5. The molecule has 14 heteroatoms. The van der Waals surface area contributed by atoms with Crippen LogP contribution in [0.2, 0.25) is 0 Å². The number of guanidine groups is 2. The molecule has 0 spiro atoms. The topological polar surface area (TPSA) is 148 Å². The van der Waals surface area contributed by atoms with E-state index in [4.69, 9.17) is 0 Å². The lowest BCUT2D eigenvalue weighted by Gasteiger charge is -2.35. The SMILES string of the molecule is CN1CN(CCN2CN=C(N[N+](=O)[O-])N(C)C2)CN=C1N[N+](=O)[O-]. The molecular weight excluding hydrogens is 324 g/mol. The van der Waals surface area contributed by atoms with Gasteiger partial charge in [-0.15, -0.1) is 0 Å². The van der Waals surface area contributed by atoms with Gasteiger partial charge in [0.1, 0.15) is 0 Å². The van der Waals surface area contributed by atoms with Crippen molar-refractivity contribution in [1.82, 2.24) is 30.5 Å². The molecule has 0 aliphatic carbocycles. The largest absolute Gasteiger partial charge is 0.328 e. The van der Waals surface area contributed by atoms with Crippen molar-refractivity contribution in [3.8, 4) is 0 Å². The molecule has 2 rings (SSSR count). The van der Waals surface area contributed by atoms with Gasteiger partial charge in [-0.1, -0.05) is 10.9 Å². The van der Waals surface area contributed by atoms with Gasteiger partial charge in [0.25, 0.3) is 11.9 Å². The van der Waals surface area contributed by atoms with E-state index in [0.29, 0.717) is 39.8 Å². The normalized spacial score (nSPS) is 19.6. The summed E-state index contributed by atoms with van der Waals surface area (Å²) in [5, 5.41) is 19.6. The molecule has 0 saturated heterocycles. The summed E-state index contributed by atoms with van der Waals surface area (Å²) < 4.78 is 0. The smallest absolute Gasteiger partial charge is 0.258 e. The van der Waals surface area contributed by atoms with Gasteiger partial charge in [0.2, 0.25) is 0 Å². The van der Waals surface area contributed by atoms with Crippen LogP contribution in [0, 0.1) is 20.2 Å². The third-order valence-electron chi connectivity index (χ3n) is 3.50. The summed E-state index contributed by atoms with van der Waals surface area (Å²) in [5.41, 5.74) is 4.12. The monoisotopic (exact) mass is 344 g/mol. The molecule has 134 valence electrons. The molecule has 0 saturated carbocycles. The number of hydrazine groups is 2. The lowest BCUT2D eigenvalue weighted by Crippen LogP contribution is -2.54. The first kappa shape index (κ1) is 17.6. The summed E-state index contributed by atoms with van der Waals surface area (Å²) in [6, 6.07) is 0. The van der Waals surface area contributed by atoms with Crippen molar-refractivity contribution in [1.29, 1.82) is 0 Å². The van der Waals surface area contributed by atoms with Crippen LogP contribution in [0.3, 0.4) is 0 Å². The molecule has 0 fully saturated rings. The van der Waals surface area contributed by atoms with Crippen molar-refractivity contribution < 1.29 is 10.1 Å². The molecule has 2 heterocycles. The number of aliphatic imine (C=N–C) groups is 2. The van der Waals surface area contributed by atoms with Crippen molar-refractivity contribution in [2.45, 2.75) is 0 Å². The molecule has 2 N–H and O–H groups in total. The Morgan fingerprint density at radius 2 is 1.29 bits per heavy atom. The van der Waals surface area contributed by atoms with Crippen LogP contribution in [0.25, 0.3) is 0 Å². The minimum atomic E-state index is -0.636. The van der Waals surface area contributed by atoms with E-state index in [1.807, 2.05) is 9.80 Å². The Morgan fingerprint density at radius 3 is 1.58 bits per heavy atom. The zero-order valence-electron chi connectivity index (χ0n) is 13.5. The molecule has 0 radical (unpaired) electrons. The predicted molar refractivity (Wildman–Crippen MR) is 83.5 cm³/mol. The van der Waals surface area contributed by atoms with E-state index in [2.05, 4.69) is 20.8 Å². The predicted octanol–water partition coefficient (Wildman–Crippen LogP) is -2.41. The van der Waals surface area contributed by atoms with Crippen LogP contribution >= 0.6 is 0 Å². The van der Waals surface area contributed by atoms with Gasteiger partial charge in [0.05, 0.1) is 26.7 Å². The van der Waals surface area contributed by atoms with Crippen LogP contribution in [0.1, 0.15) is 0 Å². The second-order valence-corrected chi connectivity index (χ2v) is 5.45. The molecule has 0 aromatic carbocycles. The number of hydrogen-bond acceptors (Lipinski definition) is 10. The molecule has 2 aliphatic heterocycles. The van der Waals surface area contributed by atoms with E-state index in [1.54, 1.807) is 23.9 Å². The average Bonchev–Trinajstić information content (AvgIpc) is 2.49. The van der Waals surface area contributed by atoms with Crippen molar-refractivity contribution in [3.05, 3.63) is 20.2 Å². The Bertz CT molecular complexity index is 504. The second-order valence-electron chi connectivity index (χ2n) is 5.45. The molecule has 0 amide bonds. The highest BCUT2D eigenvalue weighted by molar-refractivity contribution is 5.79. The highest BCUT2D eigenvalue weighted by atomic mass is 16.7. The Balaban J connectivity index is 1.79. The van der Waals surface area contributed by atoms with E-state index in [0.717, 1.165) is 0 Å². The number of nitrogens with zero attached hydrogens (tertiary/aromatic N) is 8. The molecule has 0 aromatic rings. The van der Waals surface area contributed by atoms with Crippen LogP contribution in [-0.2, 0) is 0 Å². The van der Waals surface area contributed by atoms with Gasteiger partial charge in [-0.3, -0.25) is 9.80 Å². The van der Waals surface area contributed by atoms with Gasteiger partial charge in [-0.25, -0.2) is 30.2 Å². The first-order chi connectivity index (χ1) is 11.3. The molecule has 0 bridgehead atoms. The minimum Gasteiger partial charge on any atom is -0.328 e. The maximum atomic E-state index is 10.5. The lowest BCUT2D eigenvalue weighted by molar-refractivity contribution is -0.526. The third kappa shape index (κ3) is 4.88. The van der Waals surface area contributed by atoms with Gasteiger partial charge in [-0.05, 0) is 0 Å². The zero-order valence-corrected chi connectivity index (χ0v) is 13.5. The fourth-order valence-corrected chi connectivity index (χ4v) is 2.37. The molecular formula is C10H20N10O4. The minimum absolute atomic E-state index is 0.231. The van der Waals surface area contributed by atoms with E-state index < -0.39 is 10.1 Å². The molecule has 0 aromatic heterocycles. The van der Waals surface area contributed by atoms with E-state index in [1.165, 1.54) is 0 Å². The van der Waals surface area contributed by atoms with Gasteiger partial charge in [-0.2, -0.15) is 0 Å². The first-order valence-electron chi connectivity index (χ1n) is 7.13. The van der Waals surface area contributed by atoms with Gasteiger partial charge in [0.15, 0.2) is 10.1 Å². The molecule has 24 heavy (non-hydrogen) atoms. The lowest BCUT2D eigenvalue weighted by atomic mass is 10.4. The van der Waals surface area contributed by atoms with Crippen molar-refractivity contribution in [2.75, 3.05) is 53.9 Å². The van der Waals surface area contributed by atoms with Crippen LogP contribution in [0.5, 0.6) is 0 Å². The van der Waals surface area contributed by atoms with Gasteiger partial charge < -0.3 is 9.80 Å². The van der Waals surface area contributed by atoms with Gasteiger partial charge >= 0.3 is 0 Å². The summed E-state index contributed by atoms with van der Waals surface area (Å²) in [5.74, 6) is 0.461. The van der Waals surface area contributed by atoms with Crippen molar-refractivity contribution in [2.24, 2.45) is 9.98 Å². The fraction of sp³-hybridized carbons (Fsp3) is 0.800. The van der Waals surface area contributed by atoms with Gasteiger partial charge in [0, 0.05) is 27.2 Å². The van der Waals surface area contributed by atoms with E-state index >= 15 is 0 Å². The Morgan fingerprint density at radius 1 is 0.917 bits per heavy atom. The molecule has 14 nitrogen and oxygen atoms in total. The third-order valence-corrected chi connectivity index (χ3v) is 3.50. The number of nitrogens with one attached hydrogen (secondary N) is 2. The maximum Gasteiger partial charge on any atom is 0.258 e. The van der Waals surface area contributed by atoms with Crippen molar-refractivity contribution >= 4 is 11.9 Å². The zero-order chi connectivity index (χ0) is 17.7. The quantitative estimate of drug-likeness (QED) is 0.408. The highest BCUT2D eigenvalue weighted by Gasteiger charge is 2.23.